The van der Waals surface area contributed by atoms with Gasteiger partial charge in [0, 0.05) is 0 Å². The van der Waals surface area contributed by atoms with Crippen molar-refractivity contribution in [2.24, 2.45) is 0 Å². The van der Waals surface area contributed by atoms with E-state index in [1.807, 2.05) is 0 Å². The summed E-state index contributed by atoms with van der Waals surface area (Å²) in [5.74, 6) is 0. The fourth-order valence-corrected chi connectivity index (χ4v) is 7.10. The maximum atomic E-state index is 2.42. The fourth-order valence-electron chi connectivity index (χ4n) is 7.10. The van der Waals surface area contributed by atoms with Crippen LogP contribution in [-0.2, 0) is 5.41 Å². The molecule has 0 nitrogen and oxygen atoms in total. The molecule has 0 saturated carbocycles. The van der Waals surface area contributed by atoms with Crippen molar-refractivity contribution in [3.05, 3.63) is 157 Å². The SMILES string of the molecule is Cc1ccc(-c2ccc3c(-c4cc5ccccc5c5ccccc45)c4ccccc4c(-c4ccc(C(C)(C)C)cc4)c3c2)cc1. The molecule has 0 aliphatic carbocycles. The van der Waals surface area contributed by atoms with Crippen LogP contribution in [0.4, 0.5) is 0 Å². The maximum Gasteiger partial charge on any atom is -0.00199 e. The van der Waals surface area contributed by atoms with Crippen LogP contribution >= 0.6 is 0 Å². The monoisotopic (exact) mass is 576 g/mol. The Labute approximate surface area is 265 Å². The van der Waals surface area contributed by atoms with Crippen molar-refractivity contribution in [2.45, 2.75) is 33.1 Å². The lowest BCUT2D eigenvalue weighted by molar-refractivity contribution is 0.590. The smallest absolute Gasteiger partial charge is 0.00199 e. The summed E-state index contributed by atoms with van der Waals surface area (Å²) in [5, 5.41) is 10.3. The van der Waals surface area contributed by atoms with Crippen molar-refractivity contribution in [1.29, 1.82) is 0 Å². The molecule has 0 spiro atoms. The highest BCUT2D eigenvalue weighted by Crippen LogP contribution is 2.47. The number of rotatable bonds is 3. The predicted octanol–water partition coefficient (Wildman–Crippen LogP) is 12.9. The summed E-state index contributed by atoms with van der Waals surface area (Å²) in [4.78, 5) is 0. The van der Waals surface area contributed by atoms with E-state index in [0.717, 1.165) is 0 Å². The van der Waals surface area contributed by atoms with Crippen LogP contribution in [0.1, 0.15) is 31.9 Å². The van der Waals surface area contributed by atoms with Gasteiger partial charge in [-0.15, -0.1) is 0 Å². The van der Waals surface area contributed by atoms with Crippen LogP contribution in [0.2, 0.25) is 0 Å². The molecule has 45 heavy (non-hydrogen) atoms. The maximum absolute atomic E-state index is 2.42. The number of aryl methyl sites for hydroxylation is 1. The summed E-state index contributed by atoms with van der Waals surface area (Å²) in [7, 11) is 0. The zero-order chi connectivity index (χ0) is 30.7. The van der Waals surface area contributed by atoms with E-state index in [2.05, 4.69) is 173 Å². The Balaban J connectivity index is 1.52. The van der Waals surface area contributed by atoms with Crippen LogP contribution in [0.15, 0.2) is 146 Å². The Morgan fingerprint density at radius 2 is 0.911 bits per heavy atom. The molecule has 0 aromatic heterocycles. The number of fused-ring (bicyclic) bond motifs is 5. The Morgan fingerprint density at radius 1 is 0.378 bits per heavy atom. The number of benzene rings is 8. The van der Waals surface area contributed by atoms with Crippen LogP contribution in [0.5, 0.6) is 0 Å². The molecular formula is C45H36. The third-order valence-corrected chi connectivity index (χ3v) is 9.49. The summed E-state index contributed by atoms with van der Waals surface area (Å²) in [5.41, 5.74) is 10.3. The van der Waals surface area contributed by atoms with E-state index in [9.17, 15) is 0 Å². The van der Waals surface area contributed by atoms with Gasteiger partial charge < -0.3 is 0 Å². The molecule has 8 rings (SSSR count). The standard InChI is InChI=1S/C45H36/c1-29-17-19-30(20-18-29)32-23-26-40-42(27-32)43(31-21-24-34(25-22-31)45(2,3)4)38-15-9-10-16-39(38)44(40)41-28-33-11-5-6-12-35(33)36-13-7-8-14-37(36)41/h5-28H,1-4H3. The van der Waals surface area contributed by atoms with Crippen LogP contribution in [-0.4, -0.2) is 0 Å². The van der Waals surface area contributed by atoms with Crippen LogP contribution < -0.4 is 0 Å². The molecule has 8 aromatic rings. The molecule has 0 heteroatoms. The Morgan fingerprint density at radius 3 is 1.60 bits per heavy atom. The van der Waals surface area contributed by atoms with Gasteiger partial charge in [-0.3, -0.25) is 0 Å². The summed E-state index contributed by atoms with van der Waals surface area (Å²) in [6.07, 6.45) is 0. The normalized spacial score (nSPS) is 12.0. The zero-order valence-corrected chi connectivity index (χ0v) is 26.4. The molecular weight excluding hydrogens is 540 g/mol. The van der Waals surface area contributed by atoms with Crippen LogP contribution in [0.3, 0.4) is 0 Å². The van der Waals surface area contributed by atoms with E-state index in [1.54, 1.807) is 0 Å². The molecule has 0 fully saturated rings. The lowest BCUT2D eigenvalue weighted by Crippen LogP contribution is -2.10. The van der Waals surface area contributed by atoms with Crippen LogP contribution in [0.25, 0.3) is 76.5 Å². The largest absolute Gasteiger partial charge is 0.0616 e. The van der Waals surface area contributed by atoms with Gasteiger partial charge in [0.2, 0.25) is 0 Å². The van der Waals surface area contributed by atoms with Gasteiger partial charge >= 0.3 is 0 Å². The minimum absolute atomic E-state index is 0.0995. The molecule has 0 saturated heterocycles. The van der Waals surface area contributed by atoms with Crippen molar-refractivity contribution in [3.8, 4) is 33.4 Å². The molecule has 0 atom stereocenters. The third-order valence-electron chi connectivity index (χ3n) is 9.49. The molecule has 0 bridgehead atoms. The average molecular weight is 577 g/mol. The van der Waals surface area contributed by atoms with E-state index in [-0.39, 0.29) is 5.41 Å². The first kappa shape index (κ1) is 27.4. The minimum atomic E-state index is 0.0995. The Kier molecular flexibility index (Phi) is 6.36. The predicted molar refractivity (Wildman–Crippen MR) is 196 cm³/mol. The fraction of sp³-hybridized carbons (Fsp3) is 0.111. The van der Waals surface area contributed by atoms with Gasteiger partial charge in [0.15, 0.2) is 0 Å². The van der Waals surface area contributed by atoms with Gasteiger partial charge in [-0.05, 0) is 107 Å². The summed E-state index contributed by atoms with van der Waals surface area (Å²) in [6, 6.07) is 54.4. The summed E-state index contributed by atoms with van der Waals surface area (Å²) < 4.78 is 0. The summed E-state index contributed by atoms with van der Waals surface area (Å²) >= 11 is 0. The highest BCUT2D eigenvalue weighted by Gasteiger charge is 2.20. The van der Waals surface area contributed by atoms with Gasteiger partial charge in [-0.1, -0.05) is 160 Å². The highest BCUT2D eigenvalue weighted by molar-refractivity contribution is 6.26. The van der Waals surface area contributed by atoms with Crippen molar-refractivity contribution >= 4 is 43.1 Å². The molecule has 0 N–H and O–H groups in total. The van der Waals surface area contributed by atoms with Crippen molar-refractivity contribution in [2.75, 3.05) is 0 Å². The summed E-state index contributed by atoms with van der Waals surface area (Å²) in [6.45, 7) is 8.99. The number of hydrogen-bond acceptors (Lipinski definition) is 0. The van der Waals surface area contributed by atoms with E-state index >= 15 is 0 Å². The van der Waals surface area contributed by atoms with Crippen molar-refractivity contribution in [1.82, 2.24) is 0 Å². The first-order valence-electron chi connectivity index (χ1n) is 15.9. The first-order valence-corrected chi connectivity index (χ1v) is 15.9. The van der Waals surface area contributed by atoms with E-state index in [0.29, 0.717) is 0 Å². The highest BCUT2D eigenvalue weighted by atomic mass is 14.2. The molecule has 0 unspecified atom stereocenters. The molecule has 0 aliphatic heterocycles. The van der Waals surface area contributed by atoms with Crippen LogP contribution in [0, 0.1) is 6.92 Å². The third kappa shape index (κ3) is 4.61. The van der Waals surface area contributed by atoms with E-state index < -0.39 is 0 Å². The van der Waals surface area contributed by atoms with Crippen molar-refractivity contribution < 1.29 is 0 Å². The second-order valence-electron chi connectivity index (χ2n) is 13.4. The second-order valence-corrected chi connectivity index (χ2v) is 13.4. The van der Waals surface area contributed by atoms with Gasteiger partial charge in [-0.25, -0.2) is 0 Å². The molecule has 216 valence electrons. The molecule has 0 aliphatic rings. The molecule has 0 amide bonds. The second kappa shape index (κ2) is 10.5. The van der Waals surface area contributed by atoms with Gasteiger partial charge in [0.1, 0.15) is 0 Å². The lowest BCUT2D eigenvalue weighted by Gasteiger charge is -2.22. The van der Waals surface area contributed by atoms with Gasteiger partial charge in [0.05, 0.1) is 0 Å². The topological polar surface area (TPSA) is 0 Å². The van der Waals surface area contributed by atoms with Gasteiger partial charge in [-0.2, -0.15) is 0 Å². The van der Waals surface area contributed by atoms with E-state index in [1.165, 1.54) is 87.6 Å². The minimum Gasteiger partial charge on any atom is -0.0616 e. The molecule has 0 radical (unpaired) electrons. The van der Waals surface area contributed by atoms with Gasteiger partial charge in [0.25, 0.3) is 0 Å². The Bertz CT molecular complexity index is 2380. The zero-order valence-electron chi connectivity index (χ0n) is 26.4. The first-order chi connectivity index (χ1) is 21.9. The molecule has 0 heterocycles. The van der Waals surface area contributed by atoms with E-state index in [4.69, 9.17) is 0 Å². The average Bonchev–Trinajstić information content (AvgIpc) is 3.07. The van der Waals surface area contributed by atoms with Crippen molar-refractivity contribution in [3.63, 3.8) is 0 Å². The molecule has 8 aromatic carbocycles. The lowest BCUT2D eigenvalue weighted by atomic mass is 9.82. The quantitative estimate of drug-likeness (QED) is 0.145. The Hall–Kier alpha value is -5.20. The number of hydrogen-bond donors (Lipinski definition) is 0.